The van der Waals surface area contributed by atoms with E-state index in [1.54, 1.807) is 12.1 Å². The average Bonchev–Trinajstić information content (AvgIpc) is 3.05. The molecule has 1 aromatic carbocycles. The summed E-state index contributed by atoms with van der Waals surface area (Å²) in [7, 11) is 2.10. The second-order valence-electron chi connectivity index (χ2n) is 21.4. The normalized spacial score (nSPS) is 26.7. The Morgan fingerprint density at radius 3 is 1.61 bits per heavy atom. The van der Waals surface area contributed by atoms with Crippen molar-refractivity contribution in [2.75, 3.05) is 26.9 Å². The van der Waals surface area contributed by atoms with Crippen molar-refractivity contribution in [1.29, 1.82) is 0 Å². The van der Waals surface area contributed by atoms with E-state index < -0.39 is 39.3 Å². The van der Waals surface area contributed by atoms with Gasteiger partial charge in [0.1, 0.15) is 24.9 Å². The van der Waals surface area contributed by atoms with Crippen LogP contribution in [0.1, 0.15) is 151 Å². The van der Waals surface area contributed by atoms with Crippen molar-refractivity contribution < 1.29 is 43.7 Å². The van der Waals surface area contributed by atoms with Gasteiger partial charge in [0, 0.05) is 70.2 Å². The van der Waals surface area contributed by atoms with Crippen LogP contribution < -0.4 is 0 Å². The fraction of sp³-hybridized carbons (Fsp3) is 0.795. The zero-order valence-electron chi connectivity index (χ0n) is 37.1. The monoisotopic (exact) mass is 788 g/mol. The molecule has 1 spiro atoms. The van der Waals surface area contributed by atoms with Crippen LogP contribution in [0.4, 0.5) is 0 Å². The molecule has 4 aliphatic rings. The molecule has 4 fully saturated rings. The number of piperidine rings is 3. The quantitative estimate of drug-likeness (QED) is 0.207. The molecule has 4 aliphatic heterocycles. The molecule has 12 nitrogen and oxygen atoms in total. The van der Waals surface area contributed by atoms with Crippen molar-refractivity contribution in [3.8, 4) is 0 Å². The summed E-state index contributed by atoms with van der Waals surface area (Å²) in [4.78, 5) is 40.0. The first-order chi connectivity index (χ1) is 25.3. The van der Waals surface area contributed by atoms with Gasteiger partial charge in [-0.3, -0.25) is 14.5 Å². The van der Waals surface area contributed by atoms with Gasteiger partial charge in [0.2, 0.25) is 0 Å². The van der Waals surface area contributed by atoms with Crippen molar-refractivity contribution in [3.63, 3.8) is 0 Å². The van der Waals surface area contributed by atoms with Gasteiger partial charge in [0.25, 0.3) is 0 Å². The first kappa shape index (κ1) is 46.2. The first-order valence-corrected chi connectivity index (χ1v) is 20.3. The first-order valence-electron chi connectivity index (χ1n) is 20.3. The lowest BCUT2D eigenvalue weighted by molar-refractivity contribution is -0.373. The minimum absolute atomic E-state index is 0.0163. The highest BCUT2D eigenvalue weighted by Gasteiger charge is 2.56. The van der Waals surface area contributed by atoms with Crippen LogP contribution in [0, 0.1) is 18.3 Å². The zero-order valence-corrected chi connectivity index (χ0v) is 37.1. The maximum Gasteiger partial charge on any atom is 0.338 e. The molecule has 0 saturated carbocycles. The van der Waals surface area contributed by atoms with Crippen LogP contribution in [0.2, 0.25) is 0 Å². The summed E-state index contributed by atoms with van der Waals surface area (Å²) in [6.45, 7) is 29.4. The number of likely N-dealkylation sites (tertiary alicyclic amines) is 1. The third kappa shape index (κ3) is 10.6. The Morgan fingerprint density at radius 2 is 1.14 bits per heavy atom. The standard InChI is InChI=1S/C22H40N2O4.C22H33NO5/c1-19(2)11-15(12-20(3,4)23(19)9)17(25)10-18(26)28-16-13-21(5,6)24(27)22(7,8)14-16;1-16-7-9-17(10-8-16)18(24)26-13-21(6)14-27-22(28-15-21)11-19(2,3)23(25)20(4,5)12-22/h15-16,27H,10-14H2,1-9H3;7-10,25H,11-15H2,1-6H3. The highest BCUT2D eigenvalue weighted by atomic mass is 16.7. The van der Waals surface area contributed by atoms with Crippen LogP contribution in [-0.4, -0.2) is 115 Å². The number of hydroxylamine groups is 4. The summed E-state index contributed by atoms with van der Waals surface area (Å²) in [5.41, 5.74) is -0.846. The zero-order chi connectivity index (χ0) is 42.5. The summed E-state index contributed by atoms with van der Waals surface area (Å²) >= 11 is 0. The van der Waals surface area contributed by atoms with Crippen LogP contribution >= 0.6 is 0 Å². The second kappa shape index (κ2) is 16.0. The third-order valence-electron chi connectivity index (χ3n) is 12.7. The van der Waals surface area contributed by atoms with Crippen molar-refractivity contribution in [1.82, 2.24) is 15.0 Å². The van der Waals surface area contributed by atoms with E-state index in [4.69, 9.17) is 18.9 Å². The maximum absolute atomic E-state index is 12.9. The number of esters is 2. The lowest BCUT2D eigenvalue weighted by Crippen LogP contribution is -2.67. The molecule has 0 aromatic heterocycles. The number of Topliss-reactive ketones (excluding diaryl/α,β-unsaturated/α-hetero) is 1. The van der Waals surface area contributed by atoms with Gasteiger partial charge in [-0.05, 0) is 122 Å². The van der Waals surface area contributed by atoms with Crippen LogP contribution in [-0.2, 0) is 28.5 Å². The Bertz CT molecular complexity index is 1520. The van der Waals surface area contributed by atoms with Crippen molar-refractivity contribution in [2.45, 2.75) is 187 Å². The van der Waals surface area contributed by atoms with Crippen molar-refractivity contribution >= 4 is 17.7 Å². The molecule has 12 heteroatoms. The predicted molar refractivity (Wildman–Crippen MR) is 214 cm³/mol. The number of hydrogen-bond donors (Lipinski definition) is 2. The fourth-order valence-electron chi connectivity index (χ4n) is 9.72. The SMILES string of the molecule is CN1C(C)(C)CC(C(=O)CC(=O)OC2CC(C)(C)N(O)C(C)(C)C2)CC1(C)C.Cc1ccc(C(=O)OCC2(C)COC3(CC(C)(C)N(O)C(C)(C)C3)OC2)cc1. The Hall–Kier alpha value is -2.45. The topological polar surface area (TPSA) is 138 Å². The van der Waals surface area contributed by atoms with E-state index in [2.05, 4.69) is 39.6 Å². The molecule has 0 bridgehead atoms. The van der Waals surface area contributed by atoms with Gasteiger partial charge in [0.05, 0.1) is 18.8 Å². The molecule has 0 amide bonds. The molecule has 4 saturated heterocycles. The van der Waals surface area contributed by atoms with Gasteiger partial charge in [0.15, 0.2) is 5.79 Å². The predicted octanol–water partition coefficient (Wildman–Crippen LogP) is 7.74. The summed E-state index contributed by atoms with van der Waals surface area (Å²) in [5, 5.41) is 23.7. The highest BCUT2D eigenvalue weighted by molar-refractivity contribution is 5.97. The lowest BCUT2D eigenvalue weighted by atomic mass is 9.72. The molecule has 2 N–H and O–H groups in total. The number of hydrogen-bond acceptors (Lipinski definition) is 12. The minimum Gasteiger partial charge on any atom is -0.462 e. The largest absolute Gasteiger partial charge is 0.462 e. The van der Waals surface area contributed by atoms with Crippen molar-refractivity contribution in [2.24, 2.45) is 11.3 Å². The smallest absolute Gasteiger partial charge is 0.338 e. The van der Waals surface area contributed by atoms with Gasteiger partial charge < -0.3 is 29.4 Å². The second-order valence-corrected chi connectivity index (χ2v) is 21.4. The van der Waals surface area contributed by atoms with Gasteiger partial charge in [-0.15, -0.1) is 0 Å². The highest BCUT2D eigenvalue weighted by Crippen LogP contribution is 2.48. The van der Waals surface area contributed by atoms with Gasteiger partial charge in [-0.2, -0.15) is 10.1 Å². The summed E-state index contributed by atoms with van der Waals surface area (Å²) in [5.74, 6) is -1.65. The Labute approximate surface area is 336 Å². The molecular weight excluding hydrogens is 714 g/mol. The summed E-state index contributed by atoms with van der Waals surface area (Å²) in [6, 6.07) is 7.34. The van der Waals surface area contributed by atoms with E-state index in [9.17, 15) is 24.8 Å². The van der Waals surface area contributed by atoms with E-state index in [0.29, 0.717) is 44.5 Å². The molecule has 1 aromatic rings. The van der Waals surface area contributed by atoms with E-state index in [1.807, 2.05) is 81.4 Å². The van der Waals surface area contributed by atoms with Crippen LogP contribution in [0.25, 0.3) is 0 Å². The fourth-order valence-corrected chi connectivity index (χ4v) is 9.72. The van der Waals surface area contributed by atoms with Gasteiger partial charge in [-0.1, -0.05) is 24.6 Å². The van der Waals surface area contributed by atoms with E-state index >= 15 is 0 Å². The molecule has 4 heterocycles. The summed E-state index contributed by atoms with van der Waals surface area (Å²) in [6.07, 6.45) is 3.27. The number of nitrogens with zero attached hydrogens (tertiary/aromatic N) is 3. The maximum atomic E-state index is 12.9. The number of aryl methyl sites for hydroxylation is 1. The molecule has 0 aliphatic carbocycles. The average molecular weight is 788 g/mol. The molecule has 5 rings (SSSR count). The molecular formula is C44H73N3O9. The van der Waals surface area contributed by atoms with E-state index in [-0.39, 0.29) is 47.9 Å². The molecule has 0 radical (unpaired) electrons. The summed E-state index contributed by atoms with van der Waals surface area (Å²) < 4.78 is 23.7. The number of carbonyl (C=O) groups is 3. The number of carbonyl (C=O) groups excluding carboxylic acids is 3. The Morgan fingerprint density at radius 1 is 0.696 bits per heavy atom. The van der Waals surface area contributed by atoms with Gasteiger partial charge >= 0.3 is 11.9 Å². The van der Waals surface area contributed by atoms with Crippen molar-refractivity contribution in [3.05, 3.63) is 35.4 Å². The Balaban J connectivity index is 0.000000249. The third-order valence-corrected chi connectivity index (χ3v) is 12.7. The number of ether oxygens (including phenoxy) is 4. The minimum atomic E-state index is -0.729. The van der Waals surface area contributed by atoms with Crippen LogP contribution in [0.3, 0.4) is 0 Å². The number of benzene rings is 1. The molecule has 0 unspecified atom stereocenters. The molecule has 318 valence electrons. The van der Waals surface area contributed by atoms with Gasteiger partial charge in [-0.25, -0.2) is 4.79 Å². The van der Waals surface area contributed by atoms with E-state index in [0.717, 1.165) is 18.4 Å². The molecule has 56 heavy (non-hydrogen) atoms. The van der Waals surface area contributed by atoms with E-state index in [1.165, 1.54) is 10.1 Å². The van der Waals surface area contributed by atoms with Crippen LogP contribution in [0.15, 0.2) is 24.3 Å². The number of ketones is 1. The van der Waals surface area contributed by atoms with Crippen LogP contribution in [0.5, 0.6) is 0 Å². The molecule has 0 atom stereocenters. The lowest BCUT2D eigenvalue weighted by Gasteiger charge is -2.58. The number of rotatable bonds is 7. The Kier molecular flexibility index (Phi) is 13.2.